The first kappa shape index (κ1) is 38.7. The summed E-state index contributed by atoms with van der Waals surface area (Å²) in [6.45, 7) is -0.253. The molecule has 0 amide bonds. The number of nitriles is 4. The van der Waals surface area contributed by atoms with Crippen LogP contribution in [0.4, 0.5) is 10.0 Å². The molecule has 0 spiro atoms. The highest BCUT2D eigenvalue weighted by molar-refractivity contribution is 7.37. The zero-order valence-corrected chi connectivity index (χ0v) is 35.2. The molecule has 2 aromatic carbocycles. The van der Waals surface area contributed by atoms with Gasteiger partial charge < -0.3 is 14.2 Å². The molecule has 0 fully saturated rings. The van der Waals surface area contributed by atoms with Crippen LogP contribution in [0.5, 0.6) is 5.75 Å². The maximum Gasteiger partial charge on any atom is 0.367 e. The van der Waals surface area contributed by atoms with Gasteiger partial charge in [0.1, 0.15) is 47.5 Å². The summed E-state index contributed by atoms with van der Waals surface area (Å²) in [6.07, 6.45) is 0. The quantitative estimate of drug-likeness (QED) is 0.0733. The van der Waals surface area contributed by atoms with E-state index in [0.717, 1.165) is 38.5 Å². The molecule has 0 saturated heterocycles. The molecule has 0 unspecified atom stereocenters. The Hall–Kier alpha value is -6.80. The van der Waals surface area contributed by atoms with Gasteiger partial charge in [0, 0.05) is 24.2 Å². The first-order valence-corrected chi connectivity index (χ1v) is 22.4. The second kappa shape index (κ2) is 16.1. The Morgan fingerprint density at radius 2 is 1.03 bits per heavy atom. The number of fused-ring (bicyclic) bond motifs is 7. The van der Waals surface area contributed by atoms with Crippen molar-refractivity contribution in [1.82, 2.24) is 0 Å². The van der Waals surface area contributed by atoms with Crippen LogP contribution in [-0.2, 0) is 37.9 Å². The lowest BCUT2D eigenvalue weighted by atomic mass is 9.90. The van der Waals surface area contributed by atoms with Gasteiger partial charge >= 0.3 is 17.5 Å². The summed E-state index contributed by atoms with van der Waals surface area (Å²) < 4.78 is 22.0. The third-order valence-electron chi connectivity index (χ3n) is 9.04. The lowest BCUT2D eigenvalue weighted by molar-refractivity contribution is -0.183. The largest absolute Gasteiger partial charge is 0.457 e. The number of aliphatic imine (C=N–C) groups is 2. The van der Waals surface area contributed by atoms with Crippen molar-refractivity contribution in [2.75, 3.05) is 0 Å². The average molecular weight is 893 g/mol. The van der Waals surface area contributed by atoms with Gasteiger partial charge in [-0.05, 0) is 47.5 Å². The van der Waals surface area contributed by atoms with Crippen molar-refractivity contribution in [2.24, 2.45) is 9.98 Å². The molecule has 0 saturated carbocycles. The van der Waals surface area contributed by atoms with Crippen molar-refractivity contribution in [3.63, 3.8) is 0 Å². The number of benzene rings is 2. The minimum atomic E-state index is -2.38. The maximum absolute atomic E-state index is 15.0. The molecular weight excluding hydrogens is 873 g/mol. The monoisotopic (exact) mass is 892 g/mol. The predicted octanol–water partition coefficient (Wildman–Crippen LogP) is 11.7. The van der Waals surface area contributed by atoms with E-state index in [1.165, 1.54) is 68.0 Å². The van der Waals surface area contributed by atoms with Crippen molar-refractivity contribution in [3.05, 3.63) is 114 Å². The third-order valence-corrected chi connectivity index (χ3v) is 16.4. The molecule has 0 radical (unpaired) electrons. The van der Waals surface area contributed by atoms with E-state index in [1.807, 2.05) is 84.9 Å². The smallest absolute Gasteiger partial charge is 0.367 e. The number of thiophene rings is 6. The highest BCUT2D eigenvalue weighted by atomic mass is 32.1. The van der Waals surface area contributed by atoms with Crippen LogP contribution in [-0.4, -0.2) is 23.4 Å². The number of carbonyl (C=O) groups is 2. The van der Waals surface area contributed by atoms with Crippen molar-refractivity contribution in [3.8, 4) is 59.3 Å². The standard InChI is InChI=1S/C43H20N6O5S6/c44-17-25(18-45)48-33-13-11-27(55-33)29-15-31-37(57-29)35-39(59-31)40-36(38-32(60-40)16-30(58-38)28-12-14-34(56-28)49-26(19-46)20-47)54-43(35,41(50)52-21-23-7-3-1-4-8-23)42(51)53-22-24-9-5-2-6-10-24/h1-16H,21-22H2. The summed E-state index contributed by atoms with van der Waals surface area (Å²) in [4.78, 5) is 43.0. The molecule has 7 heterocycles. The number of ether oxygens (including phenoxy) is 3. The summed E-state index contributed by atoms with van der Waals surface area (Å²) in [5.41, 5.74) is -1.10. The van der Waals surface area contributed by atoms with E-state index < -0.39 is 17.5 Å². The SMILES string of the molecule is N#CC(C#N)=Nc1ccc(-c2cc3sc4c(c3s2)OC(C(=O)OCc2ccccc2)(C(=O)OCc2ccccc2)c2c-4sc3cc(-c4ccc(N=C(C#N)C#N)s4)sc23)s1. The van der Waals surface area contributed by atoms with Crippen LogP contribution in [0.15, 0.2) is 107 Å². The van der Waals surface area contributed by atoms with Crippen molar-refractivity contribution >= 4 is 120 Å². The lowest BCUT2D eigenvalue weighted by Gasteiger charge is -2.33. The molecular formula is C43H20N6O5S6. The van der Waals surface area contributed by atoms with Crippen LogP contribution in [0.25, 0.3) is 48.1 Å². The Morgan fingerprint density at radius 3 is 1.53 bits per heavy atom. The molecule has 0 bridgehead atoms. The zero-order chi connectivity index (χ0) is 41.4. The van der Waals surface area contributed by atoms with Crippen molar-refractivity contribution < 1.29 is 23.8 Å². The van der Waals surface area contributed by atoms with Gasteiger partial charge in [-0.15, -0.1) is 68.0 Å². The van der Waals surface area contributed by atoms with E-state index in [1.54, 1.807) is 36.4 Å². The first-order valence-electron chi connectivity index (χ1n) is 17.5. The molecule has 0 N–H and O–H groups in total. The topological polar surface area (TPSA) is 182 Å². The highest BCUT2D eigenvalue weighted by Gasteiger charge is 2.60. The highest BCUT2D eigenvalue weighted by Crippen LogP contribution is 2.62. The first-order chi connectivity index (χ1) is 29.3. The minimum absolute atomic E-state index is 0.126. The molecule has 1 aliphatic heterocycles. The fraction of sp³-hybridized carbons (Fsp3) is 0.0698. The molecule has 0 atom stereocenters. The molecule has 6 aromatic heterocycles. The van der Waals surface area contributed by atoms with Crippen LogP contribution in [0.1, 0.15) is 16.7 Å². The van der Waals surface area contributed by atoms with Gasteiger partial charge in [-0.1, -0.05) is 60.7 Å². The van der Waals surface area contributed by atoms with Crippen molar-refractivity contribution in [2.45, 2.75) is 18.8 Å². The van der Waals surface area contributed by atoms with Crippen LogP contribution in [0.3, 0.4) is 0 Å². The fourth-order valence-corrected chi connectivity index (χ4v) is 13.6. The molecule has 1 aliphatic rings. The second-order valence-corrected chi connectivity index (χ2v) is 19.1. The van der Waals surface area contributed by atoms with E-state index in [9.17, 15) is 30.6 Å². The Kier molecular flexibility index (Phi) is 10.4. The van der Waals surface area contributed by atoms with Crippen LogP contribution in [0.2, 0.25) is 0 Å². The Balaban J connectivity index is 1.21. The summed E-state index contributed by atoms with van der Waals surface area (Å²) in [5, 5.41) is 37.9. The maximum atomic E-state index is 15.0. The van der Waals surface area contributed by atoms with E-state index in [4.69, 9.17) is 14.2 Å². The summed E-state index contributed by atoms with van der Waals surface area (Å²) in [5.74, 6) is -1.50. The zero-order valence-electron chi connectivity index (χ0n) is 30.3. The number of nitrogens with zero attached hydrogens (tertiary/aromatic N) is 6. The van der Waals surface area contributed by atoms with Gasteiger partial charge in [0.05, 0.1) is 29.4 Å². The van der Waals surface area contributed by atoms with E-state index >= 15 is 0 Å². The van der Waals surface area contributed by atoms with Gasteiger partial charge in [-0.25, -0.2) is 19.6 Å². The Bertz CT molecular complexity index is 3160. The molecule has 9 rings (SSSR count). The molecule has 11 nitrogen and oxygen atoms in total. The van der Waals surface area contributed by atoms with Gasteiger partial charge in [0.15, 0.2) is 5.75 Å². The summed E-state index contributed by atoms with van der Waals surface area (Å²) in [7, 11) is 0. The number of hydrogen-bond donors (Lipinski definition) is 0. The molecule has 288 valence electrons. The fourth-order valence-electron chi connectivity index (χ4n) is 6.36. The second-order valence-electron chi connectivity index (χ2n) is 12.7. The van der Waals surface area contributed by atoms with Crippen LogP contribution >= 0.6 is 68.0 Å². The number of carbonyl (C=O) groups excluding carboxylic acids is 2. The number of rotatable bonds is 10. The van der Waals surface area contributed by atoms with E-state index in [-0.39, 0.29) is 24.6 Å². The van der Waals surface area contributed by atoms with E-state index in [2.05, 4.69) is 9.98 Å². The molecule has 60 heavy (non-hydrogen) atoms. The normalized spacial score (nSPS) is 12.1. The van der Waals surface area contributed by atoms with Crippen LogP contribution in [0, 0.1) is 45.3 Å². The van der Waals surface area contributed by atoms with Gasteiger partial charge in [-0.3, -0.25) is 0 Å². The predicted molar refractivity (Wildman–Crippen MR) is 236 cm³/mol. The number of esters is 2. The summed E-state index contributed by atoms with van der Waals surface area (Å²) in [6, 6.07) is 36.6. The Labute approximate surface area is 364 Å². The van der Waals surface area contributed by atoms with Gasteiger partial charge in [-0.2, -0.15) is 21.0 Å². The van der Waals surface area contributed by atoms with E-state index in [0.29, 0.717) is 42.0 Å². The van der Waals surface area contributed by atoms with Crippen molar-refractivity contribution in [1.29, 1.82) is 21.0 Å². The molecule has 17 heteroatoms. The molecule has 8 aromatic rings. The molecule has 0 aliphatic carbocycles. The average Bonchev–Trinajstić information content (AvgIpc) is 4.14. The van der Waals surface area contributed by atoms with Gasteiger partial charge in [0.2, 0.25) is 11.4 Å². The lowest BCUT2D eigenvalue weighted by Crippen LogP contribution is -2.52. The third kappa shape index (κ3) is 6.96. The van der Waals surface area contributed by atoms with Gasteiger partial charge in [0.25, 0.3) is 0 Å². The minimum Gasteiger partial charge on any atom is -0.457 e. The number of hydrogen-bond acceptors (Lipinski definition) is 17. The summed E-state index contributed by atoms with van der Waals surface area (Å²) >= 11 is 8.35. The van der Waals surface area contributed by atoms with Crippen LogP contribution < -0.4 is 4.74 Å². The Morgan fingerprint density at radius 1 is 0.567 bits per heavy atom.